The van der Waals surface area contributed by atoms with Crippen molar-refractivity contribution in [1.82, 2.24) is 20.3 Å². The number of amides is 1. The molecule has 0 bridgehead atoms. The van der Waals surface area contributed by atoms with Gasteiger partial charge in [-0.05, 0) is 13.3 Å². The largest absolute Gasteiger partial charge is 0.378 e. The number of nitrogens with zero attached hydrogens (tertiary/aromatic N) is 4. The molecule has 130 valence electrons. The van der Waals surface area contributed by atoms with Crippen LogP contribution in [-0.4, -0.2) is 59.0 Å². The fraction of sp³-hybridized carbons (Fsp3) is 0.600. The summed E-state index contributed by atoms with van der Waals surface area (Å²) in [5.74, 6) is 0.375. The smallest absolute Gasteiger partial charge is 0.230 e. The van der Waals surface area contributed by atoms with Crippen molar-refractivity contribution >= 4 is 44.5 Å². The van der Waals surface area contributed by atoms with Gasteiger partial charge in [0.2, 0.25) is 5.91 Å². The number of hydrogen-bond acceptors (Lipinski definition) is 8. The van der Waals surface area contributed by atoms with Crippen LogP contribution in [-0.2, 0) is 9.53 Å². The van der Waals surface area contributed by atoms with E-state index in [1.54, 1.807) is 11.3 Å². The number of morpholine rings is 1. The SMILES string of the molecule is CCC(C)NC(=O)CSc1ncnc2nc(N3CCOCC3)sc12. The van der Waals surface area contributed by atoms with Crippen LogP contribution in [0.25, 0.3) is 10.3 Å². The second kappa shape index (κ2) is 8.09. The van der Waals surface area contributed by atoms with Crippen molar-refractivity contribution in [2.45, 2.75) is 31.3 Å². The average Bonchev–Trinajstić information content (AvgIpc) is 3.05. The molecule has 1 amide bonds. The Bertz CT molecular complexity index is 702. The van der Waals surface area contributed by atoms with Gasteiger partial charge in [0.15, 0.2) is 10.8 Å². The van der Waals surface area contributed by atoms with Crippen molar-refractivity contribution in [2.24, 2.45) is 0 Å². The molecule has 2 aromatic rings. The first kappa shape index (κ1) is 17.4. The topological polar surface area (TPSA) is 80.2 Å². The first-order valence-electron chi connectivity index (χ1n) is 8.03. The summed E-state index contributed by atoms with van der Waals surface area (Å²) in [5.41, 5.74) is 0.696. The Morgan fingerprint density at radius 1 is 1.46 bits per heavy atom. The number of carbonyl (C=O) groups is 1. The Balaban J connectivity index is 1.71. The van der Waals surface area contributed by atoms with Crippen LogP contribution in [0.3, 0.4) is 0 Å². The quantitative estimate of drug-likeness (QED) is 0.617. The van der Waals surface area contributed by atoms with E-state index in [0.717, 1.165) is 47.6 Å². The second-order valence-electron chi connectivity index (χ2n) is 5.59. The van der Waals surface area contributed by atoms with Crippen LogP contribution in [0.5, 0.6) is 0 Å². The van der Waals surface area contributed by atoms with Gasteiger partial charge in [-0.2, -0.15) is 4.98 Å². The molecule has 7 nitrogen and oxygen atoms in total. The molecule has 1 aliphatic heterocycles. The number of nitrogens with one attached hydrogen (secondary N) is 1. The summed E-state index contributed by atoms with van der Waals surface area (Å²) < 4.78 is 6.33. The molecule has 3 rings (SSSR count). The second-order valence-corrected chi connectivity index (χ2v) is 7.53. The number of thiazole rings is 1. The van der Waals surface area contributed by atoms with E-state index in [4.69, 9.17) is 4.74 Å². The first-order valence-corrected chi connectivity index (χ1v) is 9.84. The average molecular weight is 368 g/mol. The van der Waals surface area contributed by atoms with Gasteiger partial charge in [0.25, 0.3) is 0 Å². The number of rotatable bonds is 6. The third kappa shape index (κ3) is 4.14. The van der Waals surface area contributed by atoms with E-state index < -0.39 is 0 Å². The number of anilines is 1. The summed E-state index contributed by atoms with van der Waals surface area (Å²) in [5, 5.41) is 4.73. The highest BCUT2D eigenvalue weighted by atomic mass is 32.2. The summed E-state index contributed by atoms with van der Waals surface area (Å²) in [6, 6.07) is 0.194. The minimum atomic E-state index is 0.0269. The van der Waals surface area contributed by atoms with Crippen molar-refractivity contribution < 1.29 is 9.53 Å². The fourth-order valence-electron chi connectivity index (χ4n) is 2.27. The monoisotopic (exact) mass is 367 g/mol. The predicted molar refractivity (Wildman–Crippen MR) is 96.9 cm³/mol. The maximum atomic E-state index is 12.0. The molecule has 0 aromatic carbocycles. The van der Waals surface area contributed by atoms with Crippen LogP contribution in [0.1, 0.15) is 20.3 Å². The van der Waals surface area contributed by atoms with Crippen LogP contribution in [0.2, 0.25) is 0 Å². The molecule has 1 saturated heterocycles. The van der Waals surface area contributed by atoms with Gasteiger partial charge in [0.1, 0.15) is 16.1 Å². The molecule has 1 atom stereocenters. The van der Waals surface area contributed by atoms with E-state index in [-0.39, 0.29) is 11.9 Å². The minimum Gasteiger partial charge on any atom is -0.378 e. The molecule has 1 fully saturated rings. The van der Waals surface area contributed by atoms with Gasteiger partial charge in [0, 0.05) is 19.1 Å². The zero-order valence-corrected chi connectivity index (χ0v) is 15.5. The van der Waals surface area contributed by atoms with Crippen molar-refractivity contribution in [3.63, 3.8) is 0 Å². The molecule has 24 heavy (non-hydrogen) atoms. The number of carbonyl (C=O) groups excluding carboxylic acids is 1. The molecule has 1 unspecified atom stereocenters. The summed E-state index contributed by atoms with van der Waals surface area (Å²) in [6.45, 7) is 7.18. The normalized spacial score (nSPS) is 16.3. The van der Waals surface area contributed by atoms with Gasteiger partial charge >= 0.3 is 0 Å². The predicted octanol–water partition coefficient (Wildman–Crippen LogP) is 1.93. The third-order valence-corrected chi connectivity index (χ3v) is 6.02. The summed E-state index contributed by atoms with van der Waals surface area (Å²) in [6.07, 6.45) is 2.44. The lowest BCUT2D eigenvalue weighted by Crippen LogP contribution is -2.36. The standard InChI is InChI=1S/C15H21N5O2S2/c1-3-10(2)18-11(21)8-23-14-12-13(16-9-17-14)19-15(24-12)20-4-6-22-7-5-20/h9-10H,3-8H2,1-2H3,(H,18,21). The van der Waals surface area contributed by atoms with Crippen LogP contribution in [0, 0.1) is 0 Å². The zero-order chi connectivity index (χ0) is 16.9. The van der Waals surface area contributed by atoms with Gasteiger partial charge in [-0.25, -0.2) is 9.97 Å². The first-order chi connectivity index (χ1) is 11.7. The lowest BCUT2D eigenvalue weighted by atomic mass is 10.3. The molecule has 3 heterocycles. The highest BCUT2D eigenvalue weighted by molar-refractivity contribution is 8.00. The van der Waals surface area contributed by atoms with Crippen molar-refractivity contribution in [3.8, 4) is 0 Å². The Morgan fingerprint density at radius 2 is 2.25 bits per heavy atom. The van der Waals surface area contributed by atoms with E-state index in [2.05, 4.69) is 32.1 Å². The molecule has 0 aliphatic carbocycles. The fourth-order valence-corrected chi connectivity index (χ4v) is 4.22. The number of ether oxygens (including phenoxy) is 1. The molecule has 0 spiro atoms. The van der Waals surface area contributed by atoms with Gasteiger partial charge in [0.05, 0.1) is 19.0 Å². The number of fused-ring (bicyclic) bond motifs is 1. The zero-order valence-electron chi connectivity index (χ0n) is 13.8. The Hall–Kier alpha value is -1.45. The maximum absolute atomic E-state index is 12.0. The van der Waals surface area contributed by atoms with Gasteiger partial charge in [-0.3, -0.25) is 4.79 Å². The van der Waals surface area contributed by atoms with Crippen molar-refractivity contribution in [3.05, 3.63) is 6.33 Å². The van der Waals surface area contributed by atoms with Crippen LogP contribution in [0.4, 0.5) is 5.13 Å². The van der Waals surface area contributed by atoms with E-state index in [1.807, 2.05) is 6.92 Å². The molecular formula is C15H21N5O2S2. The van der Waals surface area contributed by atoms with Crippen molar-refractivity contribution in [1.29, 1.82) is 0 Å². The molecule has 0 radical (unpaired) electrons. The van der Waals surface area contributed by atoms with Gasteiger partial charge in [-0.15, -0.1) is 0 Å². The molecule has 0 saturated carbocycles. The summed E-state index contributed by atoms with van der Waals surface area (Å²) in [4.78, 5) is 27.4. The summed E-state index contributed by atoms with van der Waals surface area (Å²) in [7, 11) is 0. The molecule has 1 aliphatic rings. The molecule has 2 aromatic heterocycles. The van der Waals surface area contributed by atoms with Crippen LogP contribution in [0.15, 0.2) is 11.4 Å². The van der Waals surface area contributed by atoms with Gasteiger partial charge < -0.3 is 15.0 Å². The maximum Gasteiger partial charge on any atom is 0.230 e. The third-order valence-electron chi connectivity index (χ3n) is 3.79. The number of aromatic nitrogens is 3. The van der Waals surface area contributed by atoms with E-state index in [0.29, 0.717) is 11.4 Å². The molecule has 9 heteroatoms. The minimum absolute atomic E-state index is 0.0269. The lowest BCUT2D eigenvalue weighted by Gasteiger charge is -2.25. The number of thioether (sulfide) groups is 1. The van der Waals surface area contributed by atoms with Crippen LogP contribution >= 0.6 is 23.1 Å². The molecular weight excluding hydrogens is 346 g/mol. The summed E-state index contributed by atoms with van der Waals surface area (Å²) >= 11 is 3.02. The highest BCUT2D eigenvalue weighted by Crippen LogP contribution is 2.33. The van der Waals surface area contributed by atoms with Gasteiger partial charge in [-0.1, -0.05) is 30.0 Å². The number of hydrogen-bond donors (Lipinski definition) is 1. The van der Waals surface area contributed by atoms with E-state index in [1.165, 1.54) is 18.1 Å². The molecule has 1 N–H and O–H groups in total. The highest BCUT2D eigenvalue weighted by Gasteiger charge is 2.18. The van der Waals surface area contributed by atoms with Crippen LogP contribution < -0.4 is 10.2 Å². The van der Waals surface area contributed by atoms with E-state index in [9.17, 15) is 4.79 Å². The lowest BCUT2D eigenvalue weighted by molar-refractivity contribution is -0.119. The van der Waals surface area contributed by atoms with Crippen molar-refractivity contribution in [2.75, 3.05) is 37.0 Å². The Morgan fingerprint density at radius 3 is 3.00 bits per heavy atom. The Labute approximate surface area is 149 Å². The van der Waals surface area contributed by atoms with E-state index >= 15 is 0 Å². The Kier molecular flexibility index (Phi) is 5.85.